The number of allylic oxidation sites excluding steroid dienone is 1. The third-order valence-corrected chi connectivity index (χ3v) is 6.14. The Morgan fingerprint density at radius 3 is 2.69 bits per heavy atom. The quantitative estimate of drug-likeness (QED) is 0.440. The molecular formula is C23H20ClNO6S. The van der Waals surface area contributed by atoms with Gasteiger partial charge in [0.05, 0.1) is 18.1 Å². The predicted octanol–water partition coefficient (Wildman–Crippen LogP) is 5.14. The number of thioether (sulfide) groups is 1. The molecule has 2 aliphatic rings. The van der Waals surface area contributed by atoms with Crippen LogP contribution in [-0.2, 0) is 17.8 Å². The third-order valence-electron chi connectivity index (χ3n) is 4.88. The van der Waals surface area contributed by atoms with Crippen LogP contribution < -0.4 is 14.2 Å². The number of benzene rings is 2. The Balaban J connectivity index is 1.61. The lowest BCUT2D eigenvalue weighted by Crippen LogP contribution is -2.27. The van der Waals surface area contributed by atoms with Gasteiger partial charge in [0.25, 0.3) is 11.1 Å². The van der Waals surface area contributed by atoms with Crippen molar-refractivity contribution in [2.45, 2.75) is 19.9 Å². The van der Waals surface area contributed by atoms with Crippen LogP contribution in [0.1, 0.15) is 23.6 Å². The molecule has 0 spiro atoms. The van der Waals surface area contributed by atoms with Gasteiger partial charge in [-0.2, -0.15) is 0 Å². The summed E-state index contributed by atoms with van der Waals surface area (Å²) in [4.78, 5) is 27.0. The molecule has 32 heavy (non-hydrogen) atoms. The second-order valence-electron chi connectivity index (χ2n) is 7.02. The third kappa shape index (κ3) is 4.28. The molecule has 2 aromatic carbocycles. The fourth-order valence-electron chi connectivity index (χ4n) is 3.39. The monoisotopic (exact) mass is 473 g/mol. The standard InChI is InChI=1S/C23H20ClNO6S/c1-3-5-14-6-13(7-19(21(14)26)29-4-2)8-20-22(27)25(23(28)32-20)11-15-9-17-18(10-16(15)24)31-12-30-17/h3,6-10,26H,1,4-5,11-12H2,2H3/b20-8-. The molecule has 0 atom stereocenters. The minimum Gasteiger partial charge on any atom is -0.504 e. The molecule has 1 saturated heterocycles. The Morgan fingerprint density at radius 2 is 1.97 bits per heavy atom. The highest BCUT2D eigenvalue weighted by Crippen LogP contribution is 2.40. The summed E-state index contributed by atoms with van der Waals surface area (Å²) in [6, 6.07) is 6.66. The number of fused-ring (bicyclic) bond motifs is 1. The molecule has 1 fully saturated rings. The molecular weight excluding hydrogens is 454 g/mol. The minimum absolute atomic E-state index is 0.0129. The van der Waals surface area contributed by atoms with Crippen LogP contribution in [0.2, 0.25) is 5.02 Å². The average Bonchev–Trinajstić information content (AvgIpc) is 3.31. The number of hydrogen-bond donors (Lipinski definition) is 1. The van der Waals surface area contributed by atoms with Crippen molar-refractivity contribution in [3.05, 3.63) is 63.5 Å². The second kappa shape index (κ2) is 9.18. The summed E-state index contributed by atoms with van der Waals surface area (Å²) in [6.07, 6.45) is 3.70. The smallest absolute Gasteiger partial charge is 0.293 e. The first-order valence-electron chi connectivity index (χ1n) is 9.84. The van der Waals surface area contributed by atoms with Crippen LogP contribution >= 0.6 is 23.4 Å². The van der Waals surface area contributed by atoms with Crippen LogP contribution in [0.15, 0.2) is 41.8 Å². The zero-order chi connectivity index (χ0) is 22.8. The summed E-state index contributed by atoms with van der Waals surface area (Å²) in [5.41, 5.74) is 1.83. The van der Waals surface area contributed by atoms with Gasteiger partial charge < -0.3 is 19.3 Å². The number of carbonyl (C=O) groups excluding carboxylic acids is 2. The number of phenolic OH excluding ortho intramolecular Hbond substituents is 1. The summed E-state index contributed by atoms with van der Waals surface area (Å²) in [5, 5.41) is 10.4. The molecule has 1 N–H and O–H groups in total. The molecule has 0 saturated carbocycles. The van der Waals surface area contributed by atoms with Gasteiger partial charge in [-0.3, -0.25) is 14.5 Å². The maximum Gasteiger partial charge on any atom is 0.293 e. The maximum absolute atomic E-state index is 13.0. The average molecular weight is 474 g/mol. The first-order valence-corrected chi connectivity index (χ1v) is 11.0. The van der Waals surface area contributed by atoms with Crippen LogP contribution in [-0.4, -0.2) is 34.6 Å². The summed E-state index contributed by atoms with van der Waals surface area (Å²) >= 11 is 7.15. The maximum atomic E-state index is 13.0. The van der Waals surface area contributed by atoms with Crippen molar-refractivity contribution in [3.8, 4) is 23.0 Å². The molecule has 0 unspecified atom stereocenters. The van der Waals surface area contributed by atoms with E-state index in [2.05, 4.69) is 6.58 Å². The normalized spacial score (nSPS) is 16.2. The summed E-state index contributed by atoms with van der Waals surface area (Å²) < 4.78 is 16.2. The number of carbonyl (C=O) groups is 2. The number of imide groups is 1. The molecule has 2 heterocycles. The van der Waals surface area contributed by atoms with E-state index in [0.29, 0.717) is 52.0 Å². The molecule has 166 valence electrons. The highest BCUT2D eigenvalue weighted by Gasteiger charge is 2.36. The Bertz CT molecular complexity index is 1150. The molecule has 2 aliphatic heterocycles. The van der Waals surface area contributed by atoms with Crippen molar-refractivity contribution >= 4 is 40.6 Å². The number of rotatable bonds is 7. The number of aromatic hydroxyl groups is 1. The van der Waals surface area contributed by atoms with Gasteiger partial charge in [0.2, 0.25) is 6.79 Å². The van der Waals surface area contributed by atoms with Crippen molar-refractivity contribution in [2.24, 2.45) is 0 Å². The van der Waals surface area contributed by atoms with Crippen molar-refractivity contribution in [3.63, 3.8) is 0 Å². The molecule has 0 aliphatic carbocycles. The van der Waals surface area contributed by atoms with Crippen LogP contribution in [0.5, 0.6) is 23.0 Å². The van der Waals surface area contributed by atoms with Gasteiger partial charge in [0.15, 0.2) is 23.0 Å². The predicted molar refractivity (Wildman–Crippen MR) is 122 cm³/mol. The van der Waals surface area contributed by atoms with Crippen LogP contribution in [0.25, 0.3) is 6.08 Å². The molecule has 7 nitrogen and oxygen atoms in total. The van der Waals surface area contributed by atoms with Crippen molar-refractivity contribution in [1.29, 1.82) is 0 Å². The van der Waals surface area contributed by atoms with Gasteiger partial charge in [-0.15, -0.1) is 6.58 Å². The van der Waals surface area contributed by atoms with Crippen molar-refractivity contribution in [1.82, 2.24) is 4.90 Å². The fourth-order valence-corrected chi connectivity index (χ4v) is 4.44. The highest BCUT2D eigenvalue weighted by atomic mass is 35.5. The van der Waals surface area contributed by atoms with Gasteiger partial charge in [0.1, 0.15) is 0 Å². The number of hydrogen-bond acceptors (Lipinski definition) is 7. The summed E-state index contributed by atoms with van der Waals surface area (Å²) in [6.45, 7) is 6.00. The van der Waals surface area contributed by atoms with Gasteiger partial charge in [-0.1, -0.05) is 17.7 Å². The lowest BCUT2D eigenvalue weighted by atomic mass is 10.0. The van der Waals surface area contributed by atoms with E-state index in [0.717, 1.165) is 16.7 Å². The van der Waals surface area contributed by atoms with Crippen LogP contribution in [0.3, 0.4) is 0 Å². The van der Waals surface area contributed by atoms with E-state index in [-0.39, 0.29) is 24.0 Å². The first kappa shape index (κ1) is 22.1. The highest BCUT2D eigenvalue weighted by molar-refractivity contribution is 8.18. The van der Waals surface area contributed by atoms with E-state index >= 15 is 0 Å². The lowest BCUT2D eigenvalue weighted by molar-refractivity contribution is -0.123. The van der Waals surface area contributed by atoms with Crippen molar-refractivity contribution in [2.75, 3.05) is 13.4 Å². The largest absolute Gasteiger partial charge is 0.504 e. The molecule has 0 radical (unpaired) electrons. The number of nitrogens with zero attached hydrogens (tertiary/aromatic N) is 1. The van der Waals surface area contributed by atoms with Gasteiger partial charge in [0, 0.05) is 16.7 Å². The molecule has 2 amide bonds. The molecule has 2 aromatic rings. The fraction of sp³-hybridized carbons (Fsp3) is 0.217. The minimum atomic E-state index is -0.426. The Kier molecular flexibility index (Phi) is 6.34. The lowest BCUT2D eigenvalue weighted by Gasteiger charge is -2.14. The molecule has 0 aromatic heterocycles. The van der Waals surface area contributed by atoms with E-state index in [1.807, 2.05) is 6.92 Å². The Hall–Kier alpha value is -3.10. The second-order valence-corrected chi connectivity index (χ2v) is 8.42. The van der Waals surface area contributed by atoms with Gasteiger partial charge in [-0.05, 0) is 60.5 Å². The first-order chi connectivity index (χ1) is 15.4. The number of amides is 2. The van der Waals surface area contributed by atoms with Gasteiger partial charge >= 0.3 is 0 Å². The van der Waals surface area contributed by atoms with E-state index in [9.17, 15) is 14.7 Å². The zero-order valence-electron chi connectivity index (χ0n) is 17.2. The van der Waals surface area contributed by atoms with E-state index in [1.165, 1.54) is 0 Å². The number of ether oxygens (including phenoxy) is 3. The van der Waals surface area contributed by atoms with E-state index in [4.69, 9.17) is 25.8 Å². The summed E-state index contributed by atoms with van der Waals surface area (Å²) in [5.74, 6) is 0.971. The Labute approximate surface area is 194 Å². The number of phenols is 1. The topological polar surface area (TPSA) is 85.3 Å². The Morgan fingerprint density at radius 1 is 1.22 bits per heavy atom. The zero-order valence-corrected chi connectivity index (χ0v) is 18.8. The number of halogens is 1. The van der Waals surface area contributed by atoms with Crippen molar-refractivity contribution < 1.29 is 28.9 Å². The SMILES string of the molecule is C=CCc1cc(/C=C2\SC(=O)N(Cc3cc4c(cc3Cl)OCO4)C2=O)cc(OCC)c1O. The van der Waals surface area contributed by atoms with Gasteiger partial charge in [-0.25, -0.2) is 0 Å². The van der Waals surface area contributed by atoms with Crippen LogP contribution in [0, 0.1) is 0 Å². The summed E-state index contributed by atoms with van der Waals surface area (Å²) in [7, 11) is 0. The molecule has 9 heteroatoms. The molecule has 4 rings (SSSR count). The van der Waals surface area contributed by atoms with E-state index < -0.39 is 11.1 Å². The van der Waals surface area contributed by atoms with Crippen LogP contribution in [0.4, 0.5) is 4.79 Å². The molecule has 0 bridgehead atoms. The van der Waals surface area contributed by atoms with E-state index in [1.54, 1.807) is 36.4 Å².